The highest BCUT2D eigenvalue weighted by Crippen LogP contribution is 2.29. The van der Waals surface area contributed by atoms with Crippen LogP contribution in [0.3, 0.4) is 0 Å². The van der Waals surface area contributed by atoms with E-state index >= 15 is 0 Å². The maximum atomic E-state index is 9.25. The summed E-state index contributed by atoms with van der Waals surface area (Å²) < 4.78 is 0. The fraction of sp³-hybridized carbons (Fsp3) is 0.733. The summed E-state index contributed by atoms with van der Waals surface area (Å²) in [6.45, 7) is 8.53. The van der Waals surface area contributed by atoms with Crippen LogP contribution in [0, 0.1) is 12.8 Å². The van der Waals surface area contributed by atoms with Crippen LogP contribution in [0.25, 0.3) is 0 Å². The molecule has 0 bridgehead atoms. The summed E-state index contributed by atoms with van der Waals surface area (Å²) in [5, 5.41) is 12.4. The molecule has 2 rings (SSSR count). The lowest BCUT2D eigenvalue weighted by atomic mass is 9.97. The van der Waals surface area contributed by atoms with Crippen molar-refractivity contribution in [3.8, 4) is 0 Å². The molecule has 1 aliphatic rings. The van der Waals surface area contributed by atoms with Gasteiger partial charge >= 0.3 is 0 Å². The number of aliphatic hydroxyl groups excluding tert-OH is 1. The van der Waals surface area contributed by atoms with E-state index in [1.54, 1.807) is 0 Å². The molecule has 0 aromatic carbocycles. The van der Waals surface area contributed by atoms with Gasteiger partial charge in [-0.3, -0.25) is 0 Å². The molecular formula is C15H26N4O. The van der Waals surface area contributed by atoms with E-state index in [0.717, 1.165) is 49.0 Å². The highest BCUT2D eigenvalue weighted by molar-refractivity contribution is 5.58. The molecule has 5 nitrogen and oxygen atoms in total. The van der Waals surface area contributed by atoms with Crippen molar-refractivity contribution in [2.24, 2.45) is 5.92 Å². The van der Waals surface area contributed by atoms with Gasteiger partial charge in [0.25, 0.3) is 0 Å². The van der Waals surface area contributed by atoms with E-state index < -0.39 is 0 Å². The molecule has 2 heterocycles. The number of nitrogens with one attached hydrogen (secondary N) is 1. The number of aliphatic hydroxyl groups is 1. The van der Waals surface area contributed by atoms with Crippen molar-refractivity contribution in [2.45, 2.75) is 39.5 Å². The average Bonchev–Trinajstić information content (AvgIpc) is 2.47. The van der Waals surface area contributed by atoms with E-state index in [0.29, 0.717) is 18.4 Å². The monoisotopic (exact) mass is 278 g/mol. The van der Waals surface area contributed by atoms with Gasteiger partial charge in [-0.25, -0.2) is 9.97 Å². The molecule has 0 radical (unpaired) electrons. The van der Waals surface area contributed by atoms with Crippen LogP contribution in [-0.4, -0.2) is 41.8 Å². The van der Waals surface area contributed by atoms with Gasteiger partial charge < -0.3 is 15.3 Å². The van der Waals surface area contributed by atoms with Gasteiger partial charge in [0.05, 0.1) is 0 Å². The molecule has 0 spiro atoms. The summed E-state index contributed by atoms with van der Waals surface area (Å²) in [5.41, 5.74) is 1.11. The Morgan fingerprint density at radius 1 is 1.30 bits per heavy atom. The number of hydrogen-bond acceptors (Lipinski definition) is 5. The Morgan fingerprint density at radius 2 is 1.95 bits per heavy atom. The smallest absolute Gasteiger partial charge is 0.137 e. The zero-order valence-corrected chi connectivity index (χ0v) is 13.0. The topological polar surface area (TPSA) is 61.3 Å². The summed E-state index contributed by atoms with van der Waals surface area (Å²) in [4.78, 5) is 11.7. The van der Waals surface area contributed by atoms with E-state index in [1.165, 1.54) is 0 Å². The molecule has 1 aliphatic heterocycles. The van der Waals surface area contributed by atoms with Crippen LogP contribution in [0.1, 0.15) is 44.0 Å². The predicted octanol–water partition coefficient (Wildman–Crippen LogP) is 2.16. The molecule has 112 valence electrons. The first kappa shape index (κ1) is 15.0. The SMILES string of the molecule is CNc1nc(C(C)C)nc(N2CCC(CO)CC2)c1C. The number of anilines is 2. The molecule has 0 amide bonds. The molecule has 5 heteroatoms. The van der Waals surface area contributed by atoms with Crippen molar-refractivity contribution in [1.82, 2.24) is 9.97 Å². The largest absolute Gasteiger partial charge is 0.396 e. The maximum absolute atomic E-state index is 9.25. The van der Waals surface area contributed by atoms with Crippen LogP contribution in [0.15, 0.2) is 0 Å². The third kappa shape index (κ3) is 3.03. The van der Waals surface area contributed by atoms with Crippen LogP contribution in [0.4, 0.5) is 11.6 Å². The third-order valence-electron chi connectivity index (χ3n) is 4.06. The first-order valence-corrected chi connectivity index (χ1v) is 7.48. The zero-order valence-electron chi connectivity index (χ0n) is 13.0. The first-order valence-electron chi connectivity index (χ1n) is 7.48. The number of piperidine rings is 1. The number of rotatable bonds is 4. The minimum absolute atomic E-state index is 0.301. The fourth-order valence-corrected chi connectivity index (χ4v) is 2.66. The minimum atomic E-state index is 0.301. The highest BCUT2D eigenvalue weighted by Gasteiger charge is 2.23. The normalized spacial score (nSPS) is 16.8. The zero-order chi connectivity index (χ0) is 14.7. The first-order chi connectivity index (χ1) is 9.56. The van der Waals surface area contributed by atoms with Crippen LogP contribution in [0.2, 0.25) is 0 Å². The van der Waals surface area contributed by atoms with Gasteiger partial charge in [-0.05, 0) is 25.7 Å². The molecule has 0 unspecified atom stereocenters. The van der Waals surface area contributed by atoms with Crippen molar-refractivity contribution in [3.63, 3.8) is 0 Å². The van der Waals surface area contributed by atoms with E-state index in [4.69, 9.17) is 4.98 Å². The molecule has 1 fully saturated rings. The Kier molecular flexibility index (Phi) is 4.81. The Bertz CT molecular complexity index is 453. The van der Waals surface area contributed by atoms with Crippen molar-refractivity contribution in [3.05, 3.63) is 11.4 Å². The molecule has 0 saturated carbocycles. The van der Waals surface area contributed by atoms with Gasteiger partial charge in [-0.1, -0.05) is 13.8 Å². The van der Waals surface area contributed by atoms with Gasteiger partial charge in [0.1, 0.15) is 17.5 Å². The van der Waals surface area contributed by atoms with E-state index in [9.17, 15) is 5.11 Å². The summed E-state index contributed by atoms with van der Waals surface area (Å²) >= 11 is 0. The van der Waals surface area contributed by atoms with Crippen molar-refractivity contribution in [2.75, 3.05) is 37.0 Å². The second-order valence-corrected chi connectivity index (χ2v) is 5.90. The van der Waals surface area contributed by atoms with Gasteiger partial charge in [-0.15, -0.1) is 0 Å². The Morgan fingerprint density at radius 3 is 2.45 bits per heavy atom. The lowest BCUT2D eigenvalue weighted by molar-refractivity contribution is 0.202. The molecule has 1 aromatic rings. The molecule has 0 aliphatic carbocycles. The van der Waals surface area contributed by atoms with Crippen molar-refractivity contribution >= 4 is 11.6 Å². The lowest BCUT2D eigenvalue weighted by Crippen LogP contribution is -2.36. The molecule has 1 aromatic heterocycles. The van der Waals surface area contributed by atoms with Crippen LogP contribution >= 0.6 is 0 Å². The van der Waals surface area contributed by atoms with E-state index in [-0.39, 0.29) is 0 Å². The van der Waals surface area contributed by atoms with Gasteiger partial charge in [0, 0.05) is 38.2 Å². The molecule has 20 heavy (non-hydrogen) atoms. The Labute approximate surface area is 121 Å². The summed E-state index contributed by atoms with van der Waals surface area (Å²) in [6.07, 6.45) is 2.07. The van der Waals surface area contributed by atoms with Crippen LogP contribution in [-0.2, 0) is 0 Å². The third-order valence-corrected chi connectivity index (χ3v) is 4.06. The van der Waals surface area contributed by atoms with Gasteiger partial charge in [0.15, 0.2) is 0 Å². The molecule has 0 atom stereocenters. The van der Waals surface area contributed by atoms with Gasteiger partial charge in [0.2, 0.25) is 0 Å². The fourth-order valence-electron chi connectivity index (χ4n) is 2.66. The minimum Gasteiger partial charge on any atom is -0.396 e. The maximum Gasteiger partial charge on any atom is 0.137 e. The number of aromatic nitrogens is 2. The lowest BCUT2D eigenvalue weighted by Gasteiger charge is -2.33. The predicted molar refractivity (Wildman–Crippen MR) is 82.4 cm³/mol. The summed E-state index contributed by atoms with van der Waals surface area (Å²) in [7, 11) is 1.90. The Hall–Kier alpha value is -1.36. The average molecular weight is 278 g/mol. The molecule has 1 saturated heterocycles. The van der Waals surface area contributed by atoms with Crippen LogP contribution < -0.4 is 10.2 Å². The van der Waals surface area contributed by atoms with Crippen molar-refractivity contribution < 1.29 is 5.11 Å². The summed E-state index contributed by atoms with van der Waals surface area (Å²) in [5.74, 6) is 3.62. The summed E-state index contributed by atoms with van der Waals surface area (Å²) in [6, 6.07) is 0. The molecular weight excluding hydrogens is 252 g/mol. The highest BCUT2D eigenvalue weighted by atomic mass is 16.3. The number of nitrogens with zero attached hydrogens (tertiary/aromatic N) is 3. The van der Waals surface area contributed by atoms with Crippen molar-refractivity contribution in [1.29, 1.82) is 0 Å². The Balaban J connectivity index is 2.28. The quantitative estimate of drug-likeness (QED) is 0.884. The van der Waals surface area contributed by atoms with E-state index in [1.807, 2.05) is 7.05 Å². The molecule has 2 N–H and O–H groups in total. The van der Waals surface area contributed by atoms with E-state index in [2.05, 4.69) is 36.0 Å². The standard InChI is InChI=1S/C15H26N4O/c1-10(2)13-17-14(16-4)11(3)15(18-13)19-7-5-12(9-20)6-8-19/h10,12,20H,5-9H2,1-4H3,(H,16,17,18). The van der Waals surface area contributed by atoms with Crippen LogP contribution in [0.5, 0.6) is 0 Å². The van der Waals surface area contributed by atoms with Gasteiger partial charge in [-0.2, -0.15) is 0 Å². The second kappa shape index (κ2) is 6.39. The second-order valence-electron chi connectivity index (χ2n) is 5.90. The number of hydrogen-bond donors (Lipinski definition) is 2.